The van der Waals surface area contributed by atoms with Crippen molar-refractivity contribution in [3.63, 3.8) is 0 Å². The Bertz CT molecular complexity index is 595. The van der Waals surface area contributed by atoms with Crippen LogP contribution in [0.3, 0.4) is 0 Å². The predicted molar refractivity (Wildman–Crippen MR) is 67.7 cm³/mol. The Morgan fingerprint density at radius 3 is 2.82 bits per heavy atom. The van der Waals surface area contributed by atoms with Gasteiger partial charge in [-0.15, -0.1) is 10.2 Å². The molecule has 1 saturated carbocycles. The molecule has 1 aromatic carbocycles. The summed E-state index contributed by atoms with van der Waals surface area (Å²) in [5.41, 5.74) is 1.14. The first-order valence-electron chi connectivity index (χ1n) is 5.47. The summed E-state index contributed by atoms with van der Waals surface area (Å²) in [5.74, 6) is -0.155. The number of hydrogen-bond acceptors (Lipinski definition) is 3. The minimum Gasteiger partial charge on any atom is -0.348 e. The Morgan fingerprint density at radius 1 is 1.29 bits per heavy atom. The van der Waals surface area contributed by atoms with Crippen molar-refractivity contribution in [2.45, 2.75) is 18.9 Å². The highest BCUT2D eigenvalue weighted by Crippen LogP contribution is 2.25. The molecule has 0 spiro atoms. The molecule has 0 atom stereocenters. The van der Waals surface area contributed by atoms with E-state index in [4.69, 9.17) is 0 Å². The molecule has 3 rings (SSSR count). The third-order valence-corrected chi connectivity index (χ3v) is 3.54. The Morgan fingerprint density at radius 2 is 2.06 bits per heavy atom. The molecule has 0 bridgehead atoms. The van der Waals surface area contributed by atoms with Crippen LogP contribution in [0.5, 0.6) is 0 Å². The van der Waals surface area contributed by atoms with Gasteiger partial charge in [0.1, 0.15) is 0 Å². The summed E-state index contributed by atoms with van der Waals surface area (Å²) < 4.78 is 0.709. The van der Waals surface area contributed by atoms with Crippen molar-refractivity contribution < 1.29 is 4.79 Å². The monoisotopic (exact) mass is 291 g/mol. The largest absolute Gasteiger partial charge is 0.348 e. The van der Waals surface area contributed by atoms with Gasteiger partial charge in [-0.1, -0.05) is 18.2 Å². The van der Waals surface area contributed by atoms with Gasteiger partial charge in [0.2, 0.25) is 0 Å². The molecule has 1 aliphatic rings. The Balaban J connectivity index is 2.04. The number of benzene rings is 1. The Kier molecular flexibility index (Phi) is 2.55. The molecule has 2 aromatic rings. The molecular weight excluding hydrogens is 282 g/mol. The van der Waals surface area contributed by atoms with E-state index in [1.54, 1.807) is 0 Å². The van der Waals surface area contributed by atoms with E-state index in [0.29, 0.717) is 16.2 Å². The molecule has 86 valence electrons. The van der Waals surface area contributed by atoms with E-state index < -0.39 is 0 Å². The highest BCUT2D eigenvalue weighted by molar-refractivity contribution is 9.10. The van der Waals surface area contributed by atoms with Crippen molar-refractivity contribution in [3.8, 4) is 0 Å². The SMILES string of the molecule is O=C(NC1CC1)c1nnc2ccccc2c1Br. The standard InChI is InChI=1S/C12H10BrN3O/c13-10-8-3-1-2-4-9(8)15-16-11(10)12(17)14-7-5-6-7/h1-4,7H,5-6H2,(H,14,17). The molecule has 1 aromatic heterocycles. The second-order valence-electron chi connectivity index (χ2n) is 4.13. The maximum atomic E-state index is 11.9. The smallest absolute Gasteiger partial charge is 0.273 e. The number of nitrogens with one attached hydrogen (secondary N) is 1. The molecule has 4 nitrogen and oxygen atoms in total. The van der Waals surface area contributed by atoms with Gasteiger partial charge in [0.15, 0.2) is 5.69 Å². The van der Waals surface area contributed by atoms with E-state index >= 15 is 0 Å². The fourth-order valence-electron chi connectivity index (χ4n) is 1.65. The van der Waals surface area contributed by atoms with E-state index in [-0.39, 0.29) is 5.91 Å². The lowest BCUT2D eigenvalue weighted by atomic mass is 10.2. The van der Waals surface area contributed by atoms with Gasteiger partial charge in [-0.25, -0.2) is 0 Å². The van der Waals surface area contributed by atoms with Gasteiger partial charge in [-0.3, -0.25) is 4.79 Å². The fourth-order valence-corrected chi connectivity index (χ4v) is 2.24. The number of fused-ring (bicyclic) bond motifs is 1. The first-order chi connectivity index (χ1) is 8.25. The van der Waals surface area contributed by atoms with Crippen LogP contribution >= 0.6 is 15.9 Å². The maximum absolute atomic E-state index is 11.9. The van der Waals surface area contributed by atoms with E-state index in [1.807, 2.05) is 24.3 Å². The van der Waals surface area contributed by atoms with Crippen LogP contribution in [0, 0.1) is 0 Å². The third-order valence-electron chi connectivity index (χ3n) is 2.73. The van der Waals surface area contributed by atoms with Crippen molar-refractivity contribution in [3.05, 3.63) is 34.4 Å². The van der Waals surface area contributed by atoms with Gasteiger partial charge in [0.25, 0.3) is 5.91 Å². The molecule has 5 heteroatoms. The van der Waals surface area contributed by atoms with Crippen LogP contribution in [-0.4, -0.2) is 22.1 Å². The second kappa shape index (κ2) is 4.07. The van der Waals surface area contributed by atoms with Gasteiger partial charge in [0, 0.05) is 11.4 Å². The van der Waals surface area contributed by atoms with Crippen molar-refractivity contribution in [2.24, 2.45) is 0 Å². The average molecular weight is 292 g/mol. The van der Waals surface area contributed by atoms with Gasteiger partial charge >= 0.3 is 0 Å². The lowest BCUT2D eigenvalue weighted by Gasteiger charge is -2.06. The van der Waals surface area contributed by atoms with Crippen LogP contribution in [0.1, 0.15) is 23.3 Å². The van der Waals surface area contributed by atoms with Crippen molar-refractivity contribution in [1.29, 1.82) is 0 Å². The molecule has 1 N–H and O–H groups in total. The summed E-state index contributed by atoms with van der Waals surface area (Å²) in [6.07, 6.45) is 2.12. The molecule has 1 fully saturated rings. The van der Waals surface area contributed by atoms with E-state index in [1.165, 1.54) is 0 Å². The number of halogens is 1. The lowest BCUT2D eigenvalue weighted by molar-refractivity contribution is 0.0944. The van der Waals surface area contributed by atoms with Gasteiger partial charge in [-0.2, -0.15) is 0 Å². The van der Waals surface area contributed by atoms with Crippen molar-refractivity contribution >= 4 is 32.7 Å². The molecule has 0 saturated heterocycles. The quantitative estimate of drug-likeness (QED) is 0.924. The van der Waals surface area contributed by atoms with Gasteiger partial charge < -0.3 is 5.32 Å². The average Bonchev–Trinajstić information content (AvgIpc) is 3.13. The molecule has 1 aliphatic carbocycles. The van der Waals surface area contributed by atoms with Crippen LogP contribution in [0.4, 0.5) is 0 Å². The van der Waals surface area contributed by atoms with E-state index in [9.17, 15) is 4.79 Å². The lowest BCUT2D eigenvalue weighted by Crippen LogP contribution is -2.27. The Hall–Kier alpha value is -1.49. The number of hydrogen-bond donors (Lipinski definition) is 1. The first kappa shape index (κ1) is 10.7. The van der Waals surface area contributed by atoms with Crippen molar-refractivity contribution in [1.82, 2.24) is 15.5 Å². The highest BCUT2D eigenvalue weighted by atomic mass is 79.9. The van der Waals surface area contributed by atoms with E-state index in [0.717, 1.165) is 23.7 Å². The second-order valence-corrected chi connectivity index (χ2v) is 4.92. The number of carbonyl (C=O) groups excluding carboxylic acids is 1. The summed E-state index contributed by atoms with van der Waals surface area (Å²) in [6, 6.07) is 7.92. The fraction of sp³-hybridized carbons (Fsp3) is 0.250. The molecule has 0 unspecified atom stereocenters. The highest BCUT2D eigenvalue weighted by Gasteiger charge is 2.25. The Labute approximate surface area is 107 Å². The van der Waals surface area contributed by atoms with Crippen LogP contribution in [0.2, 0.25) is 0 Å². The number of amides is 1. The molecule has 0 radical (unpaired) electrons. The molecule has 1 amide bonds. The number of carbonyl (C=O) groups is 1. The number of aromatic nitrogens is 2. The number of nitrogens with zero attached hydrogens (tertiary/aromatic N) is 2. The summed E-state index contributed by atoms with van der Waals surface area (Å²) in [5, 5.41) is 11.8. The number of rotatable bonds is 2. The summed E-state index contributed by atoms with van der Waals surface area (Å²) in [6.45, 7) is 0. The van der Waals surface area contributed by atoms with Gasteiger partial charge in [0.05, 0.1) is 9.99 Å². The zero-order valence-corrected chi connectivity index (χ0v) is 10.6. The van der Waals surface area contributed by atoms with Crippen LogP contribution in [0.15, 0.2) is 28.7 Å². The predicted octanol–water partition coefficient (Wildman–Crippen LogP) is 2.28. The molecule has 1 heterocycles. The summed E-state index contributed by atoms with van der Waals surface area (Å²) in [4.78, 5) is 11.9. The van der Waals surface area contributed by atoms with Crippen LogP contribution < -0.4 is 5.32 Å². The first-order valence-corrected chi connectivity index (χ1v) is 6.27. The topological polar surface area (TPSA) is 54.9 Å². The van der Waals surface area contributed by atoms with E-state index in [2.05, 4.69) is 31.4 Å². The van der Waals surface area contributed by atoms with Gasteiger partial charge in [-0.05, 0) is 34.8 Å². The molecule has 0 aliphatic heterocycles. The summed E-state index contributed by atoms with van der Waals surface area (Å²) in [7, 11) is 0. The molecule has 17 heavy (non-hydrogen) atoms. The third kappa shape index (κ3) is 2.02. The van der Waals surface area contributed by atoms with Crippen LogP contribution in [-0.2, 0) is 0 Å². The minimum atomic E-state index is -0.155. The zero-order valence-electron chi connectivity index (χ0n) is 8.98. The maximum Gasteiger partial charge on any atom is 0.273 e. The normalized spacial score (nSPS) is 14.9. The van der Waals surface area contributed by atoms with Crippen molar-refractivity contribution in [2.75, 3.05) is 0 Å². The minimum absolute atomic E-state index is 0.155. The molecular formula is C12H10BrN3O. The summed E-state index contributed by atoms with van der Waals surface area (Å²) >= 11 is 3.43. The zero-order chi connectivity index (χ0) is 11.8. The van der Waals surface area contributed by atoms with Crippen LogP contribution in [0.25, 0.3) is 10.9 Å².